The number of carbonyl (C=O) groups is 1. The Balaban J connectivity index is 1.48. The zero-order chi connectivity index (χ0) is 20.0. The van der Waals surface area contributed by atoms with Gasteiger partial charge in [-0.1, -0.05) is 18.9 Å². The van der Waals surface area contributed by atoms with Crippen LogP contribution in [0, 0.1) is 0 Å². The topological polar surface area (TPSA) is 73.0 Å². The van der Waals surface area contributed by atoms with E-state index in [0.29, 0.717) is 39.3 Å². The van der Waals surface area contributed by atoms with Gasteiger partial charge in [0.25, 0.3) is 10.2 Å². The van der Waals surface area contributed by atoms with Gasteiger partial charge in [0.1, 0.15) is 0 Å². The highest BCUT2D eigenvalue weighted by Gasteiger charge is 2.32. The molecule has 1 aromatic rings. The molecule has 2 heterocycles. The van der Waals surface area contributed by atoms with Crippen molar-refractivity contribution in [1.29, 1.82) is 0 Å². The lowest BCUT2D eigenvalue weighted by molar-refractivity contribution is -0.117. The Morgan fingerprint density at radius 1 is 1.00 bits per heavy atom. The smallest absolute Gasteiger partial charge is 0.282 e. The van der Waals surface area contributed by atoms with Crippen LogP contribution in [0.4, 0.5) is 5.69 Å². The molecule has 1 N–H and O–H groups in total. The molecule has 2 fully saturated rings. The summed E-state index contributed by atoms with van der Waals surface area (Å²) < 4.78 is 29.0. The second-order valence-electron chi connectivity index (χ2n) is 7.28. The third kappa shape index (κ3) is 5.70. The van der Waals surface area contributed by atoms with Crippen molar-refractivity contribution in [3.05, 3.63) is 24.3 Å². The van der Waals surface area contributed by atoms with Crippen LogP contribution in [-0.4, -0.2) is 79.9 Å². The van der Waals surface area contributed by atoms with Gasteiger partial charge in [-0.15, -0.1) is 11.8 Å². The van der Waals surface area contributed by atoms with E-state index in [-0.39, 0.29) is 12.5 Å². The second-order valence-corrected chi connectivity index (χ2v) is 10.1. The van der Waals surface area contributed by atoms with Crippen molar-refractivity contribution in [1.82, 2.24) is 13.5 Å². The average Bonchev–Trinajstić information content (AvgIpc) is 2.98. The quantitative estimate of drug-likeness (QED) is 0.705. The molecule has 0 aromatic heterocycles. The van der Waals surface area contributed by atoms with Crippen LogP contribution in [0.25, 0.3) is 0 Å². The summed E-state index contributed by atoms with van der Waals surface area (Å²) in [7, 11) is -3.38. The number of carbonyl (C=O) groups excluding carboxylic acids is 1. The van der Waals surface area contributed by atoms with Gasteiger partial charge >= 0.3 is 0 Å². The van der Waals surface area contributed by atoms with E-state index in [1.54, 1.807) is 20.4 Å². The molecule has 0 aliphatic carbocycles. The molecule has 28 heavy (non-hydrogen) atoms. The highest BCUT2D eigenvalue weighted by molar-refractivity contribution is 7.98. The summed E-state index contributed by atoms with van der Waals surface area (Å²) in [6, 6.07) is 7.76. The minimum absolute atomic E-state index is 0.0675. The lowest BCUT2D eigenvalue weighted by Gasteiger charge is -2.36. The van der Waals surface area contributed by atoms with E-state index >= 15 is 0 Å². The molecule has 0 unspecified atom stereocenters. The highest BCUT2D eigenvalue weighted by atomic mass is 32.2. The number of hydrogen-bond acceptors (Lipinski definition) is 5. The standard InChI is InChI=1S/C19H30N4O3S2/c1-27-18-8-6-7-17(15-18)20-19(24)16-21-11-13-23(14-12-21)28(25,26)22-9-4-2-3-5-10-22/h6-8,15H,2-5,9-14,16H2,1H3,(H,20,24). The summed E-state index contributed by atoms with van der Waals surface area (Å²) >= 11 is 1.63. The van der Waals surface area contributed by atoms with Gasteiger partial charge in [0.2, 0.25) is 5.91 Å². The number of anilines is 1. The molecule has 0 bridgehead atoms. The van der Waals surface area contributed by atoms with Crippen molar-refractivity contribution < 1.29 is 13.2 Å². The fraction of sp³-hybridized carbons (Fsp3) is 0.632. The molecule has 0 radical (unpaired) electrons. The largest absolute Gasteiger partial charge is 0.325 e. The number of thioether (sulfide) groups is 1. The summed E-state index contributed by atoms with van der Waals surface area (Å²) in [6.07, 6.45) is 6.10. The van der Waals surface area contributed by atoms with Gasteiger partial charge in [-0.05, 0) is 37.3 Å². The molecule has 2 aliphatic rings. The van der Waals surface area contributed by atoms with Crippen molar-refractivity contribution in [2.45, 2.75) is 30.6 Å². The molecule has 2 saturated heterocycles. The SMILES string of the molecule is CSc1cccc(NC(=O)CN2CCN(S(=O)(=O)N3CCCCCC3)CC2)c1. The van der Waals surface area contributed by atoms with Gasteiger partial charge in [-0.25, -0.2) is 0 Å². The molecule has 2 aliphatic heterocycles. The number of benzene rings is 1. The van der Waals surface area contributed by atoms with Gasteiger partial charge in [0.05, 0.1) is 6.54 Å². The summed E-state index contributed by atoms with van der Waals surface area (Å²) in [4.78, 5) is 15.5. The molecular weight excluding hydrogens is 396 g/mol. The maximum atomic E-state index is 12.9. The van der Waals surface area contributed by atoms with Gasteiger partial charge in [0.15, 0.2) is 0 Å². The minimum Gasteiger partial charge on any atom is -0.325 e. The van der Waals surface area contributed by atoms with Crippen LogP contribution >= 0.6 is 11.8 Å². The zero-order valence-electron chi connectivity index (χ0n) is 16.5. The molecule has 0 spiro atoms. The van der Waals surface area contributed by atoms with Crippen LogP contribution in [0.15, 0.2) is 29.2 Å². The molecule has 3 rings (SSSR count). The Morgan fingerprint density at radius 3 is 2.29 bits per heavy atom. The van der Waals surface area contributed by atoms with Gasteiger partial charge in [-0.3, -0.25) is 9.69 Å². The number of piperazine rings is 1. The Kier molecular flexibility index (Phi) is 7.76. The van der Waals surface area contributed by atoms with Crippen LogP contribution in [0.5, 0.6) is 0 Å². The zero-order valence-corrected chi connectivity index (χ0v) is 18.1. The molecule has 1 amide bonds. The third-order valence-corrected chi connectivity index (χ3v) is 8.03. The van der Waals surface area contributed by atoms with Crippen molar-refractivity contribution in [2.24, 2.45) is 0 Å². The number of nitrogens with zero attached hydrogens (tertiary/aromatic N) is 3. The third-order valence-electron chi connectivity index (χ3n) is 5.27. The van der Waals surface area contributed by atoms with Crippen LogP contribution in [-0.2, 0) is 15.0 Å². The fourth-order valence-corrected chi connectivity index (χ4v) is 5.79. The van der Waals surface area contributed by atoms with Crippen LogP contribution in [0.1, 0.15) is 25.7 Å². The van der Waals surface area contributed by atoms with Crippen LogP contribution in [0.3, 0.4) is 0 Å². The molecular formula is C19H30N4O3S2. The summed E-state index contributed by atoms with van der Waals surface area (Å²) in [5.74, 6) is -0.0675. The molecule has 156 valence electrons. The first-order chi connectivity index (χ1) is 13.5. The normalized spacial score (nSPS) is 20.6. The van der Waals surface area contributed by atoms with Crippen molar-refractivity contribution in [3.63, 3.8) is 0 Å². The van der Waals surface area contributed by atoms with Crippen molar-refractivity contribution >= 4 is 33.6 Å². The molecule has 1 aromatic carbocycles. The number of nitrogens with one attached hydrogen (secondary N) is 1. The number of amides is 1. The Morgan fingerprint density at radius 2 is 1.64 bits per heavy atom. The first-order valence-electron chi connectivity index (χ1n) is 9.90. The minimum atomic E-state index is -3.38. The van der Waals surface area contributed by atoms with Crippen molar-refractivity contribution in [3.8, 4) is 0 Å². The number of rotatable bonds is 6. The number of hydrogen-bond donors (Lipinski definition) is 1. The first kappa shape index (κ1) is 21.6. The first-order valence-corrected chi connectivity index (χ1v) is 12.5. The monoisotopic (exact) mass is 426 g/mol. The van der Waals surface area contributed by atoms with E-state index < -0.39 is 10.2 Å². The molecule has 0 saturated carbocycles. The summed E-state index contributed by atoms with van der Waals surface area (Å²) in [6.45, 7) is 3.56. The van der Waals surface area contributed by atoms with E-state index in [1.165, 1.54) is 0 Å². The lowest BCUT2D eigenvalue weighted by Crippen LogP contribution is -2.54. The van der Waals surface area contributed by atoms with Gasteiger partial charge in [-0.2, -0.15) is 17.0 Å². The van der Waals surface area contributed by atoms with Crippen LogP contribution in [0.2, 0.25) is 0 Å². The van der Waals surface area contributed by atoms with E-state index in [0.717, 1.165) is 36.3 Å². The second kappa shape index (κ2) is 10.1. The van der Waals surface area contributed by atoms with E-state index in [1.807, 2.05) is 35.4 Å². The van der Waals surface area contributed by atoms with E-state index in [4.69, 9.17) is 0 Å². The van der Waals surface area contributed by atoms with Crippen molar-refractivity contribution in [2.75, 3.05) is 57.4 Å². The predicted octanol–water partition coefficient (Wildman–Crippen LogP) is 2.09. The Labute approximate surface area is 172 Å². The molecule has 9 heteroatoms. The van der Waals surface area contributed by atoms with Gasteiger partial charge < -0.3 is 5.32 Å². The van der Waals surface area contributed by atoms with Crippen LogP contribution < -0.4 is 5.32 Å². The maximum absolute atomic E-state index is 12.9. The summed E-state index contributed by atoms with van der Waals surface area (Å²) in [5.41, 5.74) is 0.791. The highest BCUT2D eigenvalue weighted by Crippen LogP contribution is 2.20. The summed E-state index contributed by atoms with van der Waals surface area (Å²) in [5, 5.41) is 2.93. The lowest BCUT2D eigenvalue weighted by atomic mass is 10.2. The van der Waals surface area contributed by atoms with E-state index in [9.17, 15) is 13.2 Å². The predicted molar refractivity (Wildman–Crippen MR) is 114 cm³/mol. The molecule has 7 nitrogen and oxygen atoms in total. The Bertz CT molecular complexity index is 756. The Hall–Kier alpha value is -1.13. The fourth-order valence-electron chi connectivity index (χ4n) is 3.66. The average molecular weight is 427 g/mol. The van der Waals surface area contributed by atoms with Gasteiger partial charge in [0, 0.05) is 49.9 Å². The van der Waals surface area contributed by atoms with E-state index in [2.05, 4.69) is 5.32 Å². The molecule has 0 atom stereocenters. The maximum Gasteiger partial charge on any atom is 0.282 e.